The van der Waals surface area contributed by atoms with E-state index in [9.17, 15) is 8.42 Å². The third-order valence-electron chi connectivity index (χ3n) is 2.23. The zero-order valence-corrected chi connectivity index (χ0v) is 11.6. The van der Waals surface area contributed by atoms with Crippen LogP contribution in [0.1, 0.15) is 0 Å². The van der Waals surface area contributed by atoms with E-state index in [0.717, 1.165) is 6.26 Å². The molecule has 18 heavy (non-hydrogen) atoms. The van der Waals surface area contributed by atoms with Gasteiger partial charge in [-0.05, 0) is 18.2 Å². The molecule has 0 amide bonds. The van der Waals surface area contributed by atoms with Crippen LogP contribution in [0.2, 0.25) is 10.0 Å². The van der Waals surface area contributed by atoms with Crippen molar-refractivity contribution in [2.75, 3.05) is 6.26 Å². The molecule has 0 aliphatic rings. The molecule has 0 aliphatic carbocycles. The van der Waals surface area contributed by atoms with Crippen molar-refractivity contribution in [3.05, 3.63) is 40.6 Å². The maximum absolute atomic E-state index is 11.3. The summed E-state index contributed by atoms with van der Waals surface area (Å²) >= 11 is 11.8. The zero-order chi connectivity index (χ0) is 13.3. The SMILES string of the molecule is CS(=O)(=O)c1cnc(-c2ccc(Cl)cc2Cl)nc1. The lowest BCUT2D eigenvalue weighted by Gasteiger charge is -2.04. The number of rotatable bonds is 2. The van der Waals surface area contributed by atoms with E-state index in [1.807, 2.05) is 0 Å². The summed E-state index contributed by atoms with van der Waals surface area (Å²) < 4.78 is 22.5. The van der Waals surface area contributed by atoms with Crippen LogP contribution >= 0.6 is 23.2 Å². The molecule has 0 spiro atoms. The van der Waals surface area contributed by atoms with Crippen molar-refractivity contribution >= 4 is 33.0 Å². The molecule has 7 heteroatoms. The van der Waals surface area contributed by atoms with Crippen LogP contribution in [-0.4, -0.2) is 24.6 Å². The fourth-order valence-corrected chi connectivity index (χ4v) is 2.30. The maximum Gasteiger partial charge on any atom is 0.178 e. The van der Waals surface area contributed by atoms with Crippen molar-refractivity contribution in [3.8, 4) is 11.4 Å². The highest BCUT2D eigenvalue weighted by molar-refractivity contribution is 7.90. The minimum atomic E-state index is -3.30. The lowest BCUT2D eigenvalue weighted by Crippen LogP contribution is -2.00. The molecule has 1 aromatic carbocycles. The van der Waals surface area contributed by atoms with Gasteiger partial charge in [0, 0.05) is 29.2 Å². The molecule has 1 heterocycles. The summed E-state index contributed by atoms with van der Waals surface area (Å²) in [5.74, 6) is 0.351. The summed E-state index contributed by atoms with van der Waals surface area (Å²) in [5, 5.41) is 0.922. The van der Waals surface area contributed by atoms with Gasteiger partial charge in [-0.25, -0.2) is 18.4 Å². The molecule has 0 unspecified atom stereocenters. The van der Waals surface area contributed by atoms with Gasteiger partial charge in [-0.2, -0.15) is 0 Å². The van der Waals surface area contributed by atoms with Crippen LogP contribution in [0.3, 0.4) is 0 Å². The van der Waals surface area contributed by atoms with E-state index in [4.69, 9.17) is 23.2 Å². The highest BCUT2D eigenvalue weighted by Crippen LogP contribution is 2.27. The number of hydrogen-bond donors (Lipinski definition) is 0. The Morgan fingerprint density at radius 3 is 2.22 bits per heavy atom. The first-order valence-corrected chi connectivity index (χ1v) is 7.50. The fraction of sp³-hybridized carbons (Fsp3) is 0.0909. The van der Waals surface area contributed by atoms with E-state index in [-0.39, 0.29) is 4.90 Å². The van der Waals surface area contributed by atoms with Crippen LogP contribution in [0.4, 0.5) is 0 Å². The molecule has 0 saturated heterocycles. The Morgan fingerprint density at radius 2 is 1.72 bits per heavy atom. The second-order valence-corrected chi connectivity index (χ2v) is 6.50. The Hall–Kier alpha value is -1.17. The molecule has 2 rings (SSSR count). The quantitative estimate of drug-likeness (QED) is 0.856. The number of halogens is 2. The van der Waals surface area contributed by atoms with Gasteiger partial charge < -0.3 is 0 Å². The third kappa shape index (κ3) is 2.80. The Labute approximate surface area is 115 Å². The van der Waals surface area contributed by atoms with Crippen LogP contribution < -0.4 is 0 Å². The van der Waals surface area contributed by atoms with Gasteiger partial charge in [-0.1, -0.05) is 23.2 Å². The highest BCUT2D eigenvalue weighted by atomic mass is 35.5. The highest BCUT2D eigenvalue weighted by Gasteiger charge is 2.11. The monoisotopic (exact) mass is 302 g/mol. The molecular weight excluding hydrogens is 295 g/mol. The second kappa shape index (κ2) is 4.84. The van der Waals surface area contributed by atoms with Crippen LogP contribution in [0.5, 0.6) is 0 Å². The van der Waals surface area contributed by atoms with Crippen molar-refractivity contribution < 1.29 is 8.42 Å². The van der Waals surface area contributed by atoms with Gasteiger partial charge in [-0.3, -0.25) is 0 Å². The average Bonchev–Trinajstić information content (AvgIpc) is 2.28. The molecule has 4 nitrogen and oxygen atoms in total. The van der Waals surface area contributed by atoms with Crippen molar-refractivity contribution in [1.29, 1.82) is 0 Å². The van der Waals surface area contributed by atoms with Gasteiger partial charge in [0.1, 0.15) is 4.90 Å². The normalized spacial score (nSPS) is 11.5. The Bertz CT molecular complexity index is 685. The summed E-state index contributed by atoms with van der Waals surface area (Å²) in [6, 6.07) is 4.92. The molecule has 0 saturated carbocycles. The number of nitrogens with zero attached hydrogens (tertiary/aromatic N) is 2. The van der Waals surface area contributed by atoms with Gasteiger partial charge in [0.25, 0.3) is 0 Å². The Balaban J connectivity index is 2.47. The predicted molar refractivity (Wildman–Crippen MR) is 70.6 cm³/mol. The zero-order valence-electron chi connectivity index (χ0n) is 9.26. The molecule has 2 aromatic rings. The predicted octanol–water partition coefficient (Wildman–Crippen LogP) is 2.85. The second-order valence-electron chi connectivity index (χ2n) is 3.64. The van der Waals surface area contributed by atoms with Gasteiger partial charge in [-0.15, -0.1) is 0 Å². The molecule has 0 fully saturated rings. The van der Waals surface area contributed by atoms with Gasteiger partial charge in [0.15, 0.2) is 15.7 Å². The topological polar surface area (TPSA) is 59.9 Å². The minimum absolute atomic E-state index is 0.0661. The van der Waals surface area contributed by atoms with Crippen LogP contribution in [0.25, 0.3) is 11.4 Å². The summed E-state index contributed by atoms with van der Waals surface area (Å²) in [4.78, 5) is 8.04. The number of benzene rings is 1. The molecule has 0 N–H and O–H groups in total. The van der Waals surface area contributed by atoms with E-state index >= 15 is 0 Å². The molecule has 1 aromatic heterocycles. The third-order valence-corrected chi connectivity index (χ3v) is 3.84. The van der Waals surface area contributed by atoms with E-state index in [1.165, 1.54) is 12.4 Å². The molecule has 94 valence electrons. The van der Waals surface area contributed by atoms with Crippen molar-refractivity contribution in [2.45, 2.75) is 4.90 Å². The van der Waals surface area contributed by atoms with Gasteiger partial charge >= 0.3 is 0 Å². The summed E-state index contributed by atoms with van der Waals surface area (Å²) in [7, 11) is -3.30. The summed E-state index contributed by atoms with van der Waals surface area (Å²) in [6.07, 6.45) is 3.60. The fourth-order valence-electron chi connectivity index (χ4n) is 1.32. The lowest BCUT2D eigenvalue weighted by atomic mass is 10.2. The largest absolute Gasteiger partial charge is 0.235 e. The average molecular weight is 303 g/mol. The van der Waals surface area contributed by atoms with Gasteiger partial charge in [0.2, 0.25) is 0 Å². The Kier molecular flexibility index (Phi) is 3.56. The number of aromatic nitrogens is 2. The number of sulfone groups is 1. The minimum Gasteiger partial charge on any atom is -0.235 e. The number of hydrogen-bond acceptors (Lipinski definition) is 4. The van der Waals surface area contributed by atoms with E-state index in [2.05, 4.69) is 9.97 Å². The van der Waals surface area contributed by atoms with E-state index in [0.29, 0.717) is 21.4 Å². The summed E-state index contributed by atoms with van der Waals surface area (Å²) in [6.45, 7) is 0. The van der Waals surface area contributed by atoms with Crippen molar-refractivity contribution in [1.82, 2.24) is 9.97 Å². The van der Waals surface area contributed by atoms with Crippen LogP contribution in [-0.2, 0) is 9.84 Å². The van der Waals surface area contributed by atoms with E-state index < -0.39 is 9.84 Å². The van der Waals surface area contributed by atoms with Crippen LogP contribution in [0, 0.1) is 0 Å². The molecule has 0 bridgehead atoms. The Morgan fingerprint density at radius 1 is 1.11 bits per heavy atom. The van der Waals surface area contributed by atoms with Crippen molar-refractivity contribution in [2.24, 2.45) is 0 Å². The lowest BCUT2D eigenvalue weighted by molar-refractivity contribution is 0.601. The van der Waals surface area contributed by atoms with E-state index in [1.54, 1.807) is 18.2 Å². The first-order valence-electron chi connectivity index (χ1n) is 4.85. The summed E-state index contributed by atoms with van der Waals surface area (Å²) in [5.41, 5.74) is 0.598. The molecule has 0 radical (unpaired) electrons. The molecule has 0 aliphatic heterocycles. The smallest absolute Gasteiger partial charge is 0.178 e. The first-order chi connectivity index (χ1) is 8.38. The van der Waals surface area contributed by atoms with Crippen LogP contribution in [0.15, 0.2) is 35.5 Å². The van der Waals surface area contributed by atoms with Gasteiger partial charge in [0.05, 0.1) is 5.02 Å². The first kappa shape index (κ1) is 13.3. The molecular formula is C11H8Cl2N2O2S. The van der Waals surface area contributed by atoms with Crippen molar-refractivity contribution in [3.63, 3.8) is 0 Å². The standard InChI is InChI=1S/C11H8Cl2N2O2S/c1-18(16,17)8-5-14-11(15-6-8)9-3-2-7(12)4-10(9)13/h2-6H,1H3. The molecule has 0 atom stereocenters. The maximum atomic E-state index is 11.3.